The van der Waals surface area contributed by atoms with Gasteiger partial charge in [-0.3, -0.25) is 0 Å². The molecule has 1 heterocycles. The molecule has 0 spiro atoms. The summed E-state index contributed by atoms with van der Waals surface area (Å²) in [6, 6.07) is 7.72. The molecule has 0 aliphatic carbocycles. The Morgan fingerprint density at radius 3 is 2.77 bits per heavy atom. The van der Waals surface area contributed by atoms with Crippen molar-refractivity contribution in [3.63, 3.8) is 0 Å². The Hall–Kier alpha value is -1.75. The molecule has 22 heavy (non-hydrogen) atoms. The van der Waals surface area contributed by atoms with E-state index in [2.05, 4.69) is 0 Å². The monoisotopic (exact) mass is 307 g/mol. The first-order valence-corrected chi connectivity index (χ1v) is 7.84. The molecule has 1 amide bonds. The van der Waals surface area contributed by atoms with E-state index in [1.165, 1.54) is 0 Å². The van der Waals surface area contributed by atoms with Crippen molar-refractivity contribution >= 4 is 6.09 Å². The van der Waals surface area contributed by atoms with Gasteiger partial charge in [-0.25, -0.2) is 4.79 Å². The largest absolute Gasteiger partial charge is 0.497 e. The molecule has 2 rings (SSSR count). The van der Waals surface area contributed by atoms with Crippen LogP contribution in [-0.2, 0) is 9.47 Å². The first-order valence-electron chi connectivity index (χ1n) is 7.84. The maximum absolute atomic E-state index is 12.4. The van der Waals surface area contributed by atoms with Gasteiger partial charge in [-0.05, 0) is 31.5 Å². The highest BCUT2D eigenvalue weighted by molar-refractivity contribution is 5.68. The fourth-order valence-electron chi connectivity index (χ4n) is 2.65. The first-order chi connectivity index (χ1) is 10.7. The van der Waals surface area contributed by atoms with E-state index in [1.807, 2.05) is 38.1 Å². The molecule has 0 bridgehead atoms. The minimum Gasteiger partial charge on any atom is -0.497 e. The number of hydrogen-bond donors (Lipinski definition) is 0. The van der Waals surface area contributed by atoms with Crippen molar-refractivity contribution < 1.29 is 19.0 Å². The number of benzene rings is 1. The first kappa shape index (κ1) is 16.6. The Labute approximate surface area is 132 Å². The molecule has 1 fully saturated rings. The van der Waals surface area contributed by atoms with E-state index in [0.717, 1.165) is 24.2 Å². The van der Waals surface area contributed by atoms with Gasteiger partial charge in [0.25, 0.3) is 0 Å². The van der Waals surface area contributed by atoms with E-state index in [1.54, 1.807) is 12.0 Å². The van der Waals surface area contributed by atoms with E-state index in [4.69, 9.17) is 14.2 Å². The number of ether oxygens (including phenoxy) is 3. The maximum Gasteiger partial charge on any atom is 0.410 e. The third-order valence-corrected chi connectivity index (χ3v) is 4.05. The summed E-state index contributed by atoms with van der Waals surface area (Å²) in [5.41, 5.74) is 1.03. The third kappa shape index (κ3) is 4.13. The summed E-state index contributed by atoms with van der Waals surface area (Å²) in [6.45, 7) is 5.89. The van der Waals surface area contributed by atoms with Gasteiger partial charge >= 0.3 is 6.09 Å². The zero-order valence-corrected chi connectivity index (χ0v) is 13.6. The number of methoxy groups -OCH3 is 1. The molecule has 1 aliphatic heterocycles. The van der Waals surface area contributed by atoms with Crippen LogP contribution in [0.3, 0.4) is 0 Å². The molecule has 0 aromatic heterocycles. The lowest BCUT2D eigenvalue weighted by atomic mass is 10.1. The summed E-state index contributed by atoms with van der Waals surface area (Å²) in [5.74, 6) is 0.790. The highest BCUT2D eigenvalue weighted by Gasteiger charge is 2.25. The number of carbonyl (C=O) groups is 1. The highest BCUT2D eigenvalue weighted by atomic mass is 16.6. The lowest BCUT2D eigenvalue weighted by molar-refractivity contribution is -0.0131. The van der Waals surface area contributed by atoms with Crippen LogP contribution in [0.2, 0.25) is 0 Å². The Morgan fingerprint density at radius 1 is 1.41 bits per heavy atom. The third-order valence-electron chi connectivity index (χ3n) is 4.05. The van der Waals surface area contributed by atoms with Gasteiger partial charge in [0.1, 0.15) is 11.9 Å². The molecule has 0 unspecified atom stereocenters. The van der Waals surface area contributed by atoms with Crippen LogP contribution in [0.5, 0.6) is 5.75 Å². The molecule has 0 radical (unpaired) electrons. The van der Waals surface area contributed by atoms with Gasteiger partial charge in [0.05, 0.1) is 26.4 Å². The average molecular weight is 307 g/mol. The van der Waals surface area contributed by atoms with Gasteiger partial charge in [0, 0.05) is 19.4 Å². The molecule has 1 atom stereocenters. The Bertz CT molecular complexity index is 485. The molecular formula is C17H25NO4. The summed E-state index contributed by atoms with van der Waals surface area (Å²) in [7, 11) is 1.64. The number of hydrogen-bond acceptors (Lipinski definition) is 4. The van der Waals surface area contributed by atoms with Gasteiger partial charge in [0.15, 0.2) is 0 Å². The van der Waals surface area contributed by atoms with Crippen molar-refractivity contribution in [3.8, 4) is 5.75 Å². The smallest absolute Gasteiger partial charge is 0.410 e. The molecule has 0 N–H and O–H groups in total. The van der Waals surface area contributed by atoms with Gasteiger partial charge in [0.2, 0.25) is 0 Å². The fraction of sp³-hybridized carbons (Fsp3) is 0.588. The molecule has 5 heteroatoms. The van der Waals surface area contributed by atoms with E-state index < -0.39 is 0 Å². The second-order valence-electron chi connectivity index (χ2n) is 5.43. The SMILES string of the molecule is CCN(C(=O)OC1CCOCC1)[C@@H](C)c1cccc(OC)c1. The average Bonchev–Trinajstić information content (AvgIpc) is 2.56. The second kappa shape index (κ2) is 8.03. The topological polar surface area (TPSA) is 48.0 Å². The van der Waals surface area contributed by atoms with Crippen molar-refractivity contribution in [1.29, 1.82) is 0 Å². The second-order valence-corrected chi connectivity index (χ2v) is 5.43. The summed E-state index contributed by atoms with van der Waals surface area (Å²) in [6.07, 6.45) is 1.26. The summed E-state index contributed by atoms with van der Waals surface area (Å²) in [4.78, 5) is 14.2. The predicted molar refractivity (Wildman–Crippen MR) is 84.1 cm³/mol. The molecule has 0 saturated carbocycles. The summed E-state index contributed by atoms with van der Waals surface area (Å²) in [5, 5.41) is 0. The van der Waals surface area contributed by atoms with Crippen LogP contribution in [0.25, 0.3) is 0 Å². The standard InChI is InChI=1S/C17H25NO4/c1-4-18(17(19)22-15-8-10-21-11-9-15)13(2)14-6-5-7-16(12-14)20-3/h5-7,12-13,15H,4,8-11H2,1-3H3/t13-/m0/s1. The van der Waals surface area contributed by atoms with E-state index in [9.17, 15) is 4.79 Å². The molecular weight excluding hydrogens is 282 g/mol. The van der Waals surface area contributed by atoms with Crippen molar-refractivity contribution in [2.45, 2.75) is 38.8 Å². The highest BCUT2D eigenvalue weighted by Crippen LogP contribution is 2.25. The fourth-order valence-corrected chi connectivity index (χ4v) is 2.65. The quantitative estimate of drug-likeness (QED) is 0.836. The van der Waals surface area contributed by atoms with Crippen LogP contribution in [0.4, 0.5) is 4.79 Å². The maximum atomic E-state index is 12.4. The van der Waals surface area contributed by atoms with Crippen LogP contribution in [0.1, 0.15) is 38.3 Å². The molecule has 1 saturated heterocycles. The van der Waals surface area contributed by atoms with Crippen LogP contribution < -0.4 is 4.74 Å². The van der Waals surface area contributed by atoms with Crippen molar-refractivity contribution in [2.24, 2.45) is 0 Å². The number of nitrogens with zero attached hydrogens (tertiary/aromatic N) is 1. The Kier molecular flexibility index (Phi) is 6.07. The van der Waals surface area contributed by atoms with Gasteiger partial charge in [-0.2, -0.15) is 0 Å². The number of amides is 1. The number of rotatable bonds is 5. The lowest BCUT2D eigenvalue weighted by Crippen LogP contribution is -2.37. The van der Waals surface area contributed by atoms with Crippen LogP contribution >= 0.6 is 0 Å². The van der Waals surface area contributed by atoms with Crippen LogP contribution in [-0.4, -0.2) is 44.0 Å². The van der Waals surface area contributed by atoms with Gasteiger partial charge < -0.3 is 19.1 Å². The molecule has 1 aromatic rings. The lowest BCUT2D eigenvalue weighted by Gasteiger charge is -2.31. The predicted octanol–water partition coefficient (Wildman–Crippen LogP) is 3.39. The zero-order chi connectivity index (χ0) is 15.9. The molecule has 5 nitrogen and oxygen atoms in total. The van der Waals surface area contributed by atoms with Crippen LogP contribution in [0.15, 0.2) is 24.3 Å². The number of carbonyl (C=O) groups excluding carboxylic acids is 1. The Morgan fingerprint density at radius 2 is 2.14 bits per heavy atom. The summed E-state index contributed by atoms with van der Waals surface area (Å²) >= 11 is 0. The minimum atomic E-state index is -0.260. The zero-order valence-electron chi connectivity index (χ0n) is 13.6. The van der Waals surface area contributed by atoms with Crippen molar-refractivity contribution in [1.82, 2.24) is 4.90 Å². The molecule has 1 aliphatic rings. The molecule has 122 valence electrons. The molecule has 1 aromatic carbocycles. The van der Waals surface area contributed by atoms with Gasteiger partial charge in [-0.1, -0.05) is 12.1 Å². The minimum absolute atomic E-state index is 0.0344. The Balaban J connectivity index is 2.03. The summed E-state index contributed by atoms with van der Waals surface area (Å²) < 4.78 is 16.2. The van der Waals surface area contributed by atoms with E-state index in [0.29, 0.717) is 19.8 Å². The van der Waals surface area contributed by atoms with Crippen molar-refractivity contribution in [2.75, 3.05) is 26.9 Å². The van der Waals surface area contributed by atoms with E-state index >= 15 is 0 Å². The normalized spacial score (nSPS) is 16.9. The van der Waals surface area contributed by atoms with Crippen LogP contribution in [0, 0.1) is 0 Å². The van der Waals surface area contributed by atoms with Gasteiger partial charge in [-0.15, -0.1) is 0 Å². The van der Waals surface area contributed by atoms with E-state index in [-0.39, 0.29) is 18.2 Å². The van der Waals surface area contributed by atoms with Crippen molar-refractivity contribution in [3.05, 3.63) is 29.8 Å².